The van der Waals surface area contributed by atoms with Crippen LogP contribution in [0, 0.1) is 5.82 Å². The summed E-state index contributed by atoms with van der Waals surface area (Å²) in [4.78, 5) is 29.1. The number of hydrogen-bond donors (Lipinski definition) is 1. The number of Topliss-reactive ketones (excluding diaryl/α,β-unsaturated/α-hetero) is 1. The summed E-state index contributed by atoms with van der Waals surface area (Å²) in [5.41, 5.74) is 1.04. The standard InChI is InChI=1S/C22H22BrFN2O3/c1-25(2)12-3-13-26-19(14-6-10-17(24)11-7-14)18(21(28)22(26)29)20(27)15-4-8-16(23)9-5-15/h4-11,19,27H,3,12-13H2,1-2H3/t19-/m1/s1. The van der Waals surface area contributed by atoms with Crippen LogP contribution in [-0.4, -0.2) is 53.8 Å². The lowest BCUT2D eigenvalue weighted by atomic mass is 9.95. The molecule has 1 aliphatic rings. The van der Waals surface area contributed by atoms with Gasteiger partial charge in [-0.15, -0.1) is 0 Å². The topological polar surface area (TPSA) is 60.9 Å². The van der Waals surface area contributed by atoms with Gasteiger partial charge in [0.25, 0.3) is 11.7 Å². The van der Waals surface area contributed by atoms with Crippen LogP contribution in [0.2, 0.25) is 0 Å². The molecule has 0 bridgehead atoms. The van der Waals surface area contributed by atoms with E-state index in [4.69, 9.17) is 0 Å². The van der Waals surface area contributed by atoms with Crippen molar-refractivity contribution >= 4 is 33.4 Å². The molecule has 0 aliphatic carbocycles. The Kier molecular flexibility index (Phi) is 6.49. The van der Waals surface area contributed by atoms with Gasteiger partial charge in [-0.2, -0.15) is 0 Å². The van der Waals surface area contributed by atoms with Crippen molar-refractivity contribution in [2.45, 2.75) is 12.5 Å². The SMILES string of the molecule is CN(C)CCCN1C(=O)C(=O)C(=C(O)c2ccc(Br)cc2)[C@H]1c1ccc(F)cc1. The fourth-order valence-electron chi connectivity index (χ4n) is 3.42. The molecule has 0 radical (unpaired) electrons. The summed E-state index contributed by atoms with van der Waals surface area (Å²) in [6.07, 6.45) is 0.663. The third-order valence-corrected chi connectivity index (χ3v) is 5.38. The second-order valence-corrected chi connectivity index (χ2v) is 8.12. The number of amides is 1. The highest BCUT2D eigenvalue weighted by atomic mass is 79.9. The number of rotatable bonds is 6. The van der Waals surface area contributed by atoms with Crippen LogP contribution in [0.25, 0.3) is 5.76 Å². The minimum absolute atomic E-state index is 0.0220. The first kappa shape index (κ1) is 21.2. The van der Waals surface area contributed by atoms with Gasteiger partial charge in [-0.25, -0.2) is 4.39 Å². The molecule has 0 spiro atoms. The zero-order chi connectivity index (χ0) is 21.1. The maximum atomic E-state index is 13.5. The summed E-state index contributed by atoms with van der Waals surface area (Å²) in [6, 6.07) is 11.7. The van der Waals surface area contributed by atoms with Crippen LogP contribution in [0.3, 0.4) is 0 Å². The van der Waals surface area contributed by atoms with Crippen molar-refractivity contribution in [1.29, 1.82) is 0 Å². The van der Waals surface area contributed by atoms with E-state index in [2.05, 4.69) is 15.9 Å². The average molecular weight is 461 g/mol. The highest BCUT2D eigenvalue weighted by molar-refractivity contribution is 9.10. The van der Waals surface area contributed by atoms with Gasteiger partial charge >= 0.3 is 0 Å². The molecule has 1 fully saturated rings. The van der Waals surface area contributed by atoms with Crippen LogP contribution < -0.4 is 0 Å². The summed E-state index contributed by atoms with van der Waals surface area (Å²) in [5, 5.41) is 10.9. The molecule has 2 aromatic rings. The van der Waals surface area contributed by atoms with Crippen LogP contribution in [-0.2, 0) is 9.59 Å². The molecule has 1 amide bonds. The van der Waals surface area contributed by atoms with Crippen molar-refractivity contribution in [2.24, 2.45) is 0 Å². The second-order valence-electron chi connectivity index (χ2n) is 7.21. The second kappa shape index (κ2) is 8.88. The predicted octanol–water partition coefficient (Wildman–Crippen LogP) is 3.96. The maximum absolute atomic E-state index is 13.5. The molecule has 0 aromatic heterocycles. The van der Waals surface area contributed by atoms with E-state index < -0.39 is 23.5 Å². The van der Waals surface area contributed by atoms with Crippen molar-refractivity contribution in [3.05, 3.63) is 75.5 Å². The fourth-order valence-corrected chi connectivity index (χ4v) is 3.69. The zero-order valence-electron chi connectivity index (χ0n) is 16.2. The third kappa shape index (κ3) is 4.57. The number of hydrogen-bond acceptors (Lipinski definition) is 4. The Balaban J connectivity index is 2.07. The first-order valence-corrected chi connectivity index (χ1v) is 10.0. The molecule has 0 saturated carbocycles. The molecule has 2 aromatic carbocycles. The van der Waals surface area contributed by atoms with Gasteiger partial charge in [0.1, 0.15) is 11.6 Å². The van der Waals surface area contributed by atoms with Gasteiger partial charge in [0.05, 0.1) is 11.6 Å². The van der Waals surface area contributed by atoms with Crippen molar-refractivity contribution in [3.63, 3.8) is 0 Å². The molecule has 5 nitrogen and oxygen atoms in total. The highest BCUT2D eigenvalue weighted by Crippen LogP contribution is 2.39. The van der Waals surface area contributed by atoms with Gasteiger partial charge in [0.2, 0.25) is 0 Å². The van der Waals surface area contributed by atoms with E-state index in [9.17, 15) is 19.1 Å². The number of nitrogens with zero attached hydrogens (tertiary/aromatic N) is 2. The van der Waals surface area contributed by atoms with Gasteiger partial charge in [-0.05, 0) is 56.9 Å². The number of benzene rings is 2. The first-order valence-electron chi connectivity index (χ1n) is 9.24. The number of carbonyl (C=O) groups is 2. The van der Waals surface area contributed by atoms with Crippen LogP contribution in [0.4, 0.5) is 4.39 Å². The smallest absolute Gasteiger partial charge is 0.295 e. The van der Waals surface area contributed by atoms with Crippen LogP contribution in [0.15, 0.2) is 58.6 Å². The van der Waals surface area contributed by atoms with Gasteiger partial charge in [-0.3, -0.25) is 9.59 Å². The van der Waals surface area contributed by atoms with Gasteiger partial charge in [0, 0.05) is 16.6 Å². The molecule has 1 aliphatic heterocycles. The summed E-state index contributed by atoms with van der Waals surface area (Å²) < 4.78 is 14.3. The Morgan fingerprint density at radius 2 is 1.72 bits per heavy atom. The molecule has 1 saturated heterocycles. The lowest BCUT2D eigenvalue weighted by Crippen LogP contribution is -2.32. The van der Waals surface area contributed by atoms with Gasteiger partial charge < -0.3 is 14.9 Å². The Bertz CT molecular complexity index is 940. The molecule has 1 heterocycles. The summed E-state index contributed by atoms with van der Waals surface area (Å²) in [6.45, 7) is 1.09. The first-order chi connectivity index (χ1) is 13.8. The molecule has 0 unspecified atom stereocenters. The number of aliphatic hydroxyl groups is 1. The summed E-state index contributed by atoms with van der Waals surface area (Å²) in [5.74, 6) is -2.03. The van der Waals surface area contributed by atoms with E-state index in [1.807, 2.05) is 19.0 Å². The van der Waals surface area contributed by atoms with Crippen LogP contribution in [0.1, 0.15) is 23.6 Å². The quantitative estimate of drug-likeness (QED) is 0.402. The highest BCUT2D eigenvalue weighted by Gasteiger charge is 2.45. The molecule has 29 heavy (non-hydrogen) atoms. The van der Waals surface area contributed by atoms with E-state index in [1.54, 1.807) is 36.4 Å². The van der Waals surface area contributed by atoms with Crippen molar-refractivity contribution in [3.8, 4) is 0 Å². The van der Waals surface area contributed by atoms with Crippen molar-refractivity contribution in [1.82, 2.24) is 9.80 Å². The molecule has 7 heteroatoms. The number of carbonyl (C=O) groups excluding carboxylic acids is 2. The predicted molar refractivity (Wildman–Crippen MR) is 113 cm³/mol. The Morgan fingerprint density at radius 3 is 2.31 bits per heavy atom. The number of halogens is 2. The molecule has 3 rings (SSSR count). The molecular formula is C22H22BrFN2O3. The lowest BCUT2D eigenvalue weighted by molar-refractivity contribution is -0.139. The Morgan fingerprint density at radius 1 is 1.10 bits per heavy atom. The van der Waals surface area contributed by atoms with E-state index >= 15 is 0 Å². The molecule has 152 valence electrons. The maximum Gasteiger partial charge on any atom is 0.295 e. The van der Waals surface area contributed by atoms with E-state index in [-0.39, 0.29) is 11.3 Å². The minimum Gasteiger partial charge on any atom is -0.507 e. The fraction of sp³-hybridized carbons (Fsp3) is 0.273. The lowest BCUT2D eigenvalue weighted by Gasteiger charge is -2.26. The number of aliphatic hydroxyl groups excluding tert-OH is 1. The summed E-state index contributed by atoms with van der Waals surface area (Å²) >= 11 is 3.34. The summed E-state index contributed by atoms with van der Waals surface area (Å²) in [7, 11) is 3.86. The van der Waals surface area contributed by atoms with Crippen LogP contribution in [0.5, 0.6) is 0 Å². The normalized spacial score (nSPS) is 18.7. The Labute approximate surface area is 177 Å². The van der Waals surface area contributed by atoms with E-state index in [0.717, 1.165) is 11.0 Å². The molecule has 1 N–H and O–H groups in total. The van der Waals surface area contributed by atoms with Crippen molar-refractivity contribution < 1.29 is 19.1 Å². The Hall–Kier alpha value is -2.51. The van der Waals surface area contributed by atoms with Gasteiger partial charge in [0.15, 0.2) is 0 Å². The van der Waals surface area contributed by atoms with Gasteiger partial charge in [-0.1, -0.05) is 40.2 Å². The monoisotopic (exact) mass is 460 g/mol. The largest absolute Gasteiger partial charge is 0.507 e. The number of likely N-dealkylation sites (tertiary alicyclic amines) is 1. The zero-order valence-corrected chi connectivity index (χ0v) is 17.8. The minimum atomic E-state index is -0.763. The average Bonchev–Trinajstić information content (AvgIpc) is 2.93. The van der Waals surface area contributed by atoms with E-state index in [1.165, 1.54) is 17.0 Å². The molecule has 1 atom stereocenters. The van der Waals surface area contributed by atoms with Crippen LogP contribution >= 0.6 is 15.9 Å². The third-order valence-electron chi connectivity index (χ3n) is 4.85. The molecular weight excluding hydrogens is 439 g/mol. The number of ketones is 1. The van der Waals surface area contributed by atoms with Crippen molar-refractivity contribution in [2.75, 3.05) is 27.2 Å². The van der Waals surface area contributed by atoms with E-state index in [0.29, 0.717) is 24.1 Å².